The Kier molecular flexibility index (Phi) is 7.00. The summed E-state index contributed by atoms with van der Waals surface area (Å²) < 4.78 is 0. The lowest BCUT2D eigenvalue weighted by molar-refractivity contribution is 0.0953. The van der Waals surface area contributed by atoms with Gasteiger partial charge in [0.2, 0.25) is 0 Å². The second-order valence-electron chi connectivity index (χ2n) is 6.95. The lowest BCUT2D eigenvalue weighted by Crippen LogP contribution is -2.44. The molecular formula is C21H25Cl2N3O. The minimum absolute atomic E-state index is 0.126. The fourth-order valence-corrected chi connectivity index (χ4v) is 3.47. The van der Waals surface area contributed by atoms with Crippen molar-refractivity contribution in [3.05, 3.63) is 63.6 Å². The number of hydrogen-bond donors (Lipinski definition) is 1. The minimum Gasteiger partial charge on any atom is -0.369 e. The first kappa shape index (κ1) is 20.0. The smallest absolute Gasteiger partial charge is 0.251 e. The Morgan fingerprint density at radius 1 is 1.00 bits per heavy atom. The van der Waals surface area contributed by atoms with Crippen molar-refractivity contribution in [3.63, 3.8) is 0 Å². The van der Waals surface area contributed by atoms with Gasteiger partial charge in [-0.15, -0.1) is 0 Å². The molecule has 3 rings (SSSR count). The van der Waals surface area contributed by atoms with E-state index < -0.39 is 0 Å². The number of nitrogens with zero attached hydrogens (tertiary/aromatic N) is 2. The van der Waals surface area contributed by atoms with E-state index in [2.05, 4.69) is 46.4 Å². The lowest BCUT2D eigenvalue weighted by Gasteiger charge is -2.34. The van der Waals surface area contributed by atoms with Crippen molar-refractivity contribution in [3.8, 4) is 0 Å². The first-order chi connectivity index (χ1) is 13.0. The second-order valence-corrected chi connectivity index (χ2v) is 7.76. The number of likely N-dealkylation sites (N-methyl/N-ethyl adjacent to an activating group) is 1. The first-order valence-electron chi connectivity index (χ1n) is 9.28. The van der Waals surface area contributed by atoms with Gasteiger partial charge in [0.25, 0.3) is 5.91 Å². The second kappa shape index (κ2) is 9.45. The van der Waals surface area contributed by atoms with Crippen molar-refractivity contribution in [2.24, 2.45) is 0 Å². The number of amides is 1. The first-order valence-corrected chi connectivity index (χ1v) is 10.0. The maximum absolute atomic E-state index is 12.1. The molecule has 1 saturated heterocycles. The van der Waals surface area contributed by atoms with Crippen LogP contribution in [0.5, 0.6) is 0 Å². The molecule has 27 heavy (non-hydrogen) atoms. The summed E-state index contributed by atoms with van der Waals surface area (Å²) in [5.74, 6) is -0.126. The Morgan fingerprint density at radius 2 is 1.70 bits per heavy atom. The minimum atomic E-state index is -0.126. The number of anilines is 1. The Hall–Kier alpha value is -1.75. The molecule has 1 aliphatic rings. The quantitative estimate of drug-likeness (QED) is 0.734. The van der Waals surface area contributed by atoms with E-state index in [4.69, 9.17) is 23.2 Å². The van der Waals surface area contributed by atoms with Gasteiger partial charge in [-0.1, -0.05) is 35.3 Å². The van der Waals surface area contributed by atoms with Crippen molar-refractivity contribution in [1.82, 2.24) is 10.2 Å². The Balaban J connectivity index is 1.42. The van der Waals surface area contributed by atoms with Crippen LogP contribution in [0.1, 0.15) is 22.3 Å². The molecule has 2 aromatic rings. The monoisotopic (exact) mass is 405 g/mol. The molecule has 0 unspecified atom stereocenters. The van der Waals surface area contributed by atoms with Gasteiger partial charge >= 0.3 is 0 Å². The standard InChI is InChI=1S/C21H25Cl2N3O/c1-25-11-13-26(14-12-25)18-7-4-16(5-8-18)3-2-10-24-21(27)17-6-9-19(22)20(23)15-17/h4-9,15H,2-3,10-14H2,1H3,(H,24,27). The molecule has 1 fully saturated rings. The normalized spacial score (nSPS) is 15.0. The number of piperazine rings is 1. The van der Waals surface area contributed by atoms with Crippen LogP contribution in [0, 0.1) is 0 Å². The Bertz CT molecular complexity index is 771. The van der Waals surface area contributed by atoms with Crippen LogP contribution >= 0.6 is 23.2 Å². The molecule has 144 valence electrons. The van der Waals surface area contributed by atoms with Crippen molar-refractivity contribution in [2.75, 3.05) is 44.7 Å². The number of benzene rings is 2. The van der Waals surface area contributed by atoms with Gasteiger partial charge in [-0.3, -0.25) is 4.79 Å². The predicted molar refractivity (Wildman–Crippen MR) is 113 cm³/mol. The number of hydrogen-bond acceptors (Lipinski definition) is 3. The van der Waals surface area contributed by atoms with Crippen LogP contribution in [0.4, 0.5) is 5.69 Å². The molecule has 1 amide bonds. The third-order valence-electron chi connectivity index (χ3n) is 4.91. The van der Waals surface area contributed by atoms with Gasteiger partial charge in [0.05, 0.1) is 10.0 Å². The number of halogens is 2. The summed E-state index contributed by atoms with van der Waals surface area (Å²) in [6, 6.07) is 13.7. The highest BCUT2D eigenvalue weighted by atomic mass is 35.5. The molecule has 0 aromatic heterocycles. The zero-order valence-corrected chi connectivity index (χ0v) is 17.1. The molecule has 1 heterocycles. The summed E-state index contributed by atoms with van der Waals surface area (Å²) >= 11 is 11.8. The van der Waals surface area contributed by atoms with Gasteiger partial charge in [0.15, 0.2) is 0 Å². The molecule has 0 saturated carbocycles. The van der Waals surface area contributed by atoms with Crippen LogP contribution in [0.25, 0.3) is 0 Å². The SMILES string of the molecule is CN1CCN(c2ccc(CCCNC(=O)c3ccc(Cl)c(Cl)c3)cc2)CC1. The van der Waals surface area contributed by atoms with Crippen LogP contribution in [0.2, 0.25) is 10.0 Å². The number of carbonyl (C=O) groups is 1. The third kappa shape index (κ3) is 5.61. The van der Waals surface area contributed by atoms with Crippen molar-refractivity contribution in [1.29, 1.82) is 0 Å². The van der Waals surface area contributed by atoms with Gasteiger partial charge in [-0.05, 0) is 55.8 Å². The van der Waals surface area contributed by atoms with Gasteiger partial charge < -0.3 is 15.1 Å². The van der Waals surface area contributed by atoms with E-state index in [1.54, 1.807) is 18.2 Å². The molecule has 4 nitrogen and oxygen atoms in total. The van der Waals surface area contributed by atoms with E-state index in [0.717, 1.165) is 39.0 Å². The highest BCUT2D eigenvalue weighted by molar-refractivity contribution is 6.42. The van der Waals surface area contributed by atoms with Crippen molar-refractivity contribution >= 4 is 34.8 Å². The van der Waals surface area contributed by atoms with Gasteiger partial charge in [-0.25, -0.2) is 0 Å². The van der Waals surface area contributed by atoms with E-state index in [0.29, 0.717) is 22.2 Å². The highest BCUT2D eigenvalue weighted by Gasteiger charge is 2.14. The summed E-state index contributed by atoms with van der Waals surface area (Å²) in [6.45, 7) is 5.01. The van der Waals surface area contributed by atoms with E-state index in [1.165, 1.54) is 11.3 Å². The molecule has 0 aliphatic carbocycles. The number of aryl methyl sites for hydroxylation is 1. The summed E-state index contributed by atoms with van der Waals surface area (Å²) in [5, 5.41) is 3.77. The molecule has 0 atom stereocenters. The maximum atomic E-state index is 12.1. The van der Waals surface area contributed by atoms with E-state index in [9.17, 15) is 4.79 Å². The molecule has 1 aliphatic heterocycles. The van der Waals surface area contributed by atoms with Crippen LogP contribution in [-0.4, -0.2) is 50.6 Å². The van der Waals surface area contributed by atoms with Crippen LogP contribution in [0.15, 0.2) is 42.5 Å². The summed E-state index contributed by atoms with van der Waals surface area (Å²) in [6.07, 6.45) is 1.82. The fraction of sp³-hybridized carbons (Fsp3) is 0.381. The van der Waals surface area contributed by atoms with E-state index in [1.807, 2.05) is 0 Å². The zero-order valence-electron chi connectivity index (χ0n) is 15.5. The van der Waals surface area contributed by atoms with E-state index in [-0.39, 0.29) is 5.91 Å². The highest BCUT2D eigenvalue weighted by Crippen LogP contribution is 2.22. The number of carbonyl (C=O) groups excluding carboxylic acids is 1. The molecule has 2 aromatic carbocycles. The van der Waals surface area contributed by atoms with Crippen LogP contribution in [-0.2, 0) is 6.42 Å². The van der Waals surface area contributed by atoms with Crippen LogP contribution in [0.3, 0.4) is 0 Å². The average Bonchev–Trinajstić information content (AvgIpc) is 2.68. The molecule has 0 radical (unpaired) electrons. The number of nitrogens with one attached hydrogen (secondary N) is 1. The van der Waals surface area contributed by atoms with Gasteiger partial charge in [0, 0.05) is 44.0 Å². The van der Waals surface area contributed by atoms with Gasteiger partial charge in [0.1, 0.15) is 0 Å². The Labute approximate surface area is 171 Å². The van der Waals surface area contributed by atoms with Crippen molar-refractivity contribution in [2.45, 2.75) is 12.8 Å². The number of rotatable bonds is 6. The summed E-state index contributed by atoms with van der Waals surface area (Å²) in [4.78, 5) is 16.9. The molecule has 0 bridgehead atoms. The lowest BCUT2D eigenvalue weighted by atomic mass is 10.1. The maximum Gasteiger partial charge on any atom is 0.251 e. The molecule has 1 N–H and O–H groups in total. The topological polar surface area (TPSA) is 35.6 Å². The summed E-state index contributed by atoms with van der Waals surface area (Å²) in [5.41, 5.74) is 3.11. The molecule has 0 spiro atoms. The van der Waals surface area contributed by atoms with Crippen molar-refractivity contribution < 1.29 is 4.79 Å². The average molecular weight is 406 g/mol. The zero-order chi connectivity index (χ0) is 19.2. The summed E-state index contributed by atoms with van der Waals surface area (Å²) in [7, 11) is 2.17. The molecule has 6 heteroatoms. The predicted octanol–water partition coefficient (Wildman–Crippen LogP) is 4.11. The fourth-order valence-electron chi connectivity index (χ4n) is 3.17. The van der Waals surface area contributed by atoms with Gasteiger partial charge in [-0.2, -0.15) is 0 Å². The third-order valence-corrected chi connectivity index (χ3v) is 5.65. The molecular weight excluding hydrogens is 381 g/mol. The van der Waals surface area contributed by atoms with E-state index >= 15 is 0 Å². The van der Waals surface area contributed by atoms with Crippen LogP contribution < -0.4 is 10.2 Å². The Morgan fingerprint density at radius 3 is 2.37 bits per heavy atom. The largest absolute Gasteiger partial charge is 0.369 e.